The van der Waals surface area contributed by atoms with E-state index in [4.69, 9.17) is 0 Å². The van der Waals surface area contributed by atoms with Crippen LogP contribution in [-0.4, -0.2) is 79.4 Å². The second-order valence-corrected chi connectivity index (χ2v) is 7.69. The summed E-state index contributed by atoms with van der Waals surface area (Å²) < 4.78 is 27.2. The third kappa shape index (κ3) is 7.04. The molecule has 1 amide bonds. The quantitative estimate of drug-likeness (QED) is 0.366. The van der Waals surface area contributed by atoms with Gasteiger partial charge in [0.2, 0.25) is 5.91 Å². The van der Waals surface area contributed by atoms with Crippen LogP contribution in [0.25, 0.3) is 0 Å². The monoisotopic (exact) mass is 535 g/mol. The highest BCUT2D eigenvalue weighted by atomic mass is 127. The van der Waals surface area contributed by atoms with Gasteiger partial charge in [-0.1, -0.05) is 12.8 Å². The molecule has 2 aliphatic rings. The van der Waals surface area contributed by atoms with Gasteiger partial charge in [-0.15, -0.1) is 24.0 Å². The van der Waals surface area contributed by atoms with Crippen LogP contribution in [0.2, 0.25) is 0 Å². The Morgan fingerprint density at radius 2 is 1.67 bits per heavy atom. The largest absolute Gasteiger partial charge is 0.352 e. The second kappa shape index (κ2) is 12.4. The van der Waals surface area contributed by atoms with E-state index in [1.807, 2.05) is 4.90 Å². The summed E-state index contributed by atoms with van der Waals surface area (Å²) in [7, 11) is 1.68. The lowest BCUT2D eigenvalue weighted by atomic mass is 10.2. The molecule has 2 heterocycles. The van der Waals surface area contributed by atoms with E-state index in [9.17, 15) is 13.6 Å². The van der Waals surface area contributed by atoms with Crippen LogP contribution in [0.3, 0.4) is 0 Å². The van der Waals surface area contributed by atoms with Crippen molar-refractivity contribution in [3.63, 3.8) is 0 Å². The molecule has 1 aromatic carbocycles. The zero-order valence-electron chi connectivity index (χ0n) is 17.6. The molecule has 1 aromatic rings. The molecule has 0 unspecified atom stereocenters. The van der Waals surface area contributed by atoms with Gasteiger partial charge in [0.15, 0.2) is 5.96 Å². The van der Waals surface area contributed by atoms with E-state index in [2.05, 4.69) is 20.1 Å². The maximum atomic E-state index is 13.8. The van der Waals surface area contributed by atoms with Crippen LogP contribution in [0.1, 0.15) is 31.2 Å². The molecule has 6 nitrogen and oxygen atoms in total. The van der Waals surface area contributed by atoms with Crippen molar-refractivity contribution < 1.29 is 13.6 Å². The molecule has 0 atom stereocenters. The van der Waals surface area contributed by atoms with E-state index in [1.54, 1.807) is 7.05 Å². The minimum absolute atomic E-state index is 0. The van der Waals surface area contributed by atoms with Crippen LogP contribution in [0.5, 0.6) is 0 Å². The SMILES string of the molecule is CN=C(NCc1cc(F)ccc1F)N1CCN(CC(=O)N2CCCCCC2)CC1.I. The summed E-state index contributed by atoms with van der Waals surface area (Å²) >= 11 is 0. The number of hydrogen-bond acceptors (Lipinski definition) is 3. The Balaban J connectivity index is 0.00000320. The van der Waals surface area contributed by atoms with E-state index in [0.717, 1.165) is 64.2 Å². The number of likely N-dealkylation sites (tertiary alicyclic amines) is 1. The van der Waals surface area contributed by atoms with Gasteiger partial charge in [0.05, 0.1) is 6.54 Å². The number of piperazine rings is 1. The summed E-state index contributed by atoms with van der Waals surface area (Å²) in [4.78, 5) is 23.1. The molecule has 1 N–H and O–H groups in total. The molecule has 0 aromatic heterocycles. The highest BCUT2D eigenvalue weighted by Crippen LogP contribution is 2.12. The van der Waals surface area contributed by atoms with Crippen molar-refractivity contribution in [2.24, 2.45) is 4.99 Å². The third-order valence-corrected chi connectivity index (χ3v) is 5.65. The van der Waals surface area contributed by atoms with Gasteiger partial charge in [-0.05, 0) is 31.0 Å². The van der Waals surface area contributed by atoms with Crippen LogP contribution >= 0.6 is 24.0 Å². The molecule has 0 saturated carbocycles. The number of amides is 1. The standard InChI is InChI=1S/C21H31F2N5O.HI/c1-24-21(25-15-17-14-18(22)6-7-19(17)23)28-12-10-26(11-13-28)16-20(29)27-8-4-2-3-5-9-27;/h6-7,14H,2-5,8-13,15-16H2,1H3,(H,24,25);1H. The molecule has 3 rings (SSSR count). The lowest BCUT2D eigenvalue weighted by Crippen LogP contribution is -2.54. The number of aliphatic imine (C=N–C) groups is 1. The summed E-state index contributed by atoms with van der Waals surface area (Å²) in [6.45, 7) is 5.41. The van der Waals surface area contributed by atoms with Crippen molar-refractivity contribution in [2.75, 3.05) is 52.9 Å². The average molecular weight is 535 g/mol. The number of carbonyl (C=O) groups excluding carboxylic acids is 1. The van der Waals surface area contributed by atoms with Crippen molar-refractivity contribution in [3.05, 3.63) is 35.4 Å². The van der Waals surface area contributed by atoms with Crippen molar-refractivity contribution in [3.8, 4) is 0 Å². The summed E-state index contributed by atoms with van der Waals surface area (Å²) in [6.07, 6.45) is 4.64. The molecule has 2 aliphatic heterocycles. The Morgan fingerprint density at radius 1 is 1.00 bits per heavy atom. The average Bonchev–Trinajstić information content (AvgIpc) is 3.01. The first-order valence-electron chi connectivity index (χ1n) is 10.5. The normalized spacial score (nSPS) is 18.6. The topological polar surface area (TPSA) is 51.2 Å². The fourth-order valence-corrected chi connectivity index (χ4v) is 3.91. The van der Waals surface area contributed by atoms with E-state index < -0.39 is 11.6 Å². The zero-order chi connectivity index (χ0) is 20.6. The molecule has 0 radical (unpaired) electrons. The Hall–Kier alpha value is -1.49. The predicted molar refractivity (Wildman–Crippen MR) is 125 cm³/mol. The molecule has 9 heteroatoms. The number of carbonyl (C=O) groups is 1. The highest BCUT2D eigenvalue weighted by Gasteiger charge is 2.23. The van der Waals surface area contributed by atoms with Crippen LogP contribution < -0.4 is 5.32 Å². The van der Waals surface area contributed by atoms with Crippen molar-refractivity contribution >= 4 is 35.8 Å². The Kier molecular flexibility index (Phi) is 10.2. The van der Waals surface area contributed by atoms with Gasteiger partial charge in [-0.2, -0.15) is 0 Å². The third-order valence-electron chi connectivity index (χ3n) is 5.65. The maximum Gasteiger partial charge on any atom is 0.236 e. The zero-order valence-corrected chi connectivity index (χ0v) is 19.9. The number of benzene rings is 1. The van der Waals surface area contributed by atoms with E-state index in [-0.39, 0.29) is 42.0 Å². The lowest BCUT2D eigenvalue weighted by Gasteiger charge is -2.37. The molecular formula is C21H32F2IN5O. The number of halogens is 3. The number of hydrogen-bond donors (Lipinski definition) is 1. The number of nitrogens with one attached hydrogen (secondary N) is 1. The number of guanidine groups is 1. The molecule has 0 bridgehead atoms. The molecule has 30 heavy (non-hydrogen) atoms. The fraction of sp³-hybridized carbons (Fsp3) is 0.619. The van der Waals surface area contributed by atoms with Gasteiger partial charge >= 0.3 is 0 Å². The van der Waals surface area contributed by atoms with E-state index in [0.29, 0.717) is 12.5 Å². The lowest BCUT2D eigenvalue weighted by molar-refractivity contribution is -0.132. The van der Waals surface area contributed by atoms with Crippen LogP contribution in [0, 0.1) is 11.6 Å². The first-order valence-corrected chi connectivity index (χ1v) is 10.5. The minimum Gasteiger partial charge on any atom is -0.352 e. The molecule has 0 spiro atoms. The fourth-order valence-electron chi connectivity index (χ4n) is 3.91. The van der Waals surface area contributed by atoms with E-state index in [1.165, 1.54) is 18.9 Å². The van der Waals surface area contributed by atoms with Crippen molar-refractivity contribution in [2.45, 2.75) is 32.2 Å². The molecular weight excluding hydrogens is 503 g/mol. The van der Waals surface area contributed by atoms with Gasteiger partial charge < -0.3 is 15.1 Å². The smallest absolute Gasteiger partial charge is 0.236 e. The molecule has 2 fully saturated rings. The van der Waals surface area contributed by atoms with Gasteiger partial charge in [0, 0.05) is 58.4 Å². The number of rotatable bonds is 4. The summed E-state index contributed by atoms with van der Waals surface area (Å²) in [5.74, 6) is -0.0105. The summed E-state index contributed by atoms with van der Waals surface area (Å²) in [5, 5.41) is 3.11. The van der Waals surface area contributed by atoms with Crippen molar-refractivity contribution in [1.82, 2.24) is 20.0 Å². The van der Waals surface area contributed by atoms with Gasteiger partial charge in [-0.3, -0.25) is 14.7 Å². The highest BCUT2D eigenvalue weighted by molar-refractivity contribution is 14.0. The number of nitrogens with zero attached hydrogens (tertiary/aromatic N) is 4. The summed E-state index contributed by atoms with van der Waals surface area (Å²) in [6, 6.07) is 3.44. The first-order chi connectivity index (χ1) is 14.1. The Morgan fingerprint density at radius 3 is 2.30 bits per heavy atom. The van der Waals surface area contributed by atoms with Crippen LogP contribution in [0.15, 0.2) is 23.2 Å². The second-order valence-electron chi connectivity index (χ2n) is 7.69. The molecule has 2 saturated heterocycles. The van der Waals surface area contributed by atoms with E-state index >= 15 is 0 Å². The molecule has 168 valence electrons. The van der Waals surface area contributed by atoms with Gasteiger partial charge in [0.25, 0.3) is 0 Å². The van der Waals surface area contributed by atoms with Crippen LogP contribution in [-0.2, 0) is 11.3 Å². The Labute approximate surface area is 194 Å². The predicted octanol–water partition coefficient (Wildman–Crippen LogP) is 2.68. The first kappa shape index (κ1) is 24.8. The van der Waals surface area contributed by atoms with Crippen LogP contribution in [0.4, 0.5) is 8.78 Å². The minimum atomic E-state index is -0.458. The van der Waals surface area contributed by atoms with Gasteiger partial charge in [0.1, 0.15) is 11.6 Å². The maximum absolute atomic E-state index is 13.8. The van der Waals surface area contributed by atoms with Crippen molar-refractivity contribution in [1.29, 1.82) is 0 Å². The Bertz CT molecular complexity index is 717. The molecule has 0 aliphatic carbocycles. The van der Waals surface area contributed by atoms with Gasteiger partial charge in [-0.25, -0.2) is 8.78 Å². The summed E-state index contributed by atoms with van der Waals surface area (Å²) in [5.41, 5.74) is 0.271.